The van der Waals surface area contributed by atoms with E-state index >= 15 is 0 Å². The highest BCUT2D eigenvalue weighted by molar-refractivity contribution is 7.16. The van der Waals surface area contributed by atoms with E-state index in [1.165, 1.54) is 25.2 Å². The largest absolute Gasteiger partial charge is 0.478 e. The van der Waals surface area contributed by atoms with Crippen LogP contribution in [-0.2, 0) is 4.79 Å². The topological polar surface area (TPSA) is 83.2 Å². The Bertz CT molecular complexity index is 953. The van der Waals surface area contributed by atoms with Crippen molar-refractivity contribution in [3.8, 4) is 22.9 Å². The van der Waals surface area contributed by atoms with E-state index in [0.29, 0.717) is 11.3 Å². The van der Waals surface area contributed by atoms with Gasteiger partial charge in [0, 0.05) is 11.6 Å². The number of nitriles is 1. The number of carboxylic acid groups (broad SMARTS) is 1. The van der Waals surface area contributed by atoms with Crippen molar-refractivity contribution in [3.63, 3.8) is 0 Å². The van der Waals surface area contributed by atoms with Crippen LogP contribution < -0.4 is 4.74 Å². The van der Waals surface area contributed by atoms with Gasteiger partial charge in [-0.1, -0.05) is 12.1 Å². The summed E-state index contributed by atoms with van der Waals surface area (Å²) in [5.74, 6) is -0.600. The van der Waals surface area contributed by atoms with Gasteiger partial charge in [-0.2, -0.15) is 5.26 Å². The number of rotatable bonds is 4. The number of nitrogens with zero attached hydrogens (tertiary/aromatic N) is 2. The third kappa shape index (κ3) is 2.94. The molecule has 0 radical (unpaired) electrons. The third-order valence-electron chi connectivity index (χ3n) is 3.64. The molecule has 1 heterocycles. The molecular weight excluding hydrogens is 324 g/mol. The number of hydrogen-bond donors (Lipinski definition) is 1. The van der Waals surface area contributed by atoms with Crippen LogP contribution in [0, 0.1) is 11.3 Å². The number of carbonyl (C=O) groups is 1. The van der Waals surface area contributed by atoms with Crippen LogP contribution in [0.15, 0.2) is 41.9 Å². The zero-order valence-electron chi connectivity index (χ0n) is 13.1. The summed E-state index contributed by atoms with van der Waals surface area (Å²) in [6.45, 7) is 3.01. The highest BCUT2D eigenvalue weighted by atomic mass is 32.1. The van der Waals surface area contributed by atoms with Gasteiger partial charge in [-0.05, 0) is 37.6 Å². The minimum Gasteiger partial charge on any atom is -0.478 e. The second kappa shape index (κ2) is 5.95. The van der Waals surface area contributed by atoms with E-state index in [1.54, 1.807) is 23.7 Å². The molecule has 2 aromatic carbocycles. The summed E-state index contributed by atoms with van der Waals surface area (Å²) in [7, 11) is 0. The first-order valence-corrected chi connectivity index (χ1v) is 8.09. The molecule has 0 amide bonds. The van der Waals surface area contributed by atoms with Gasteiger partial charge in [0.15, 0.2) is 5.60 Å². The lowest BCUT2D eigenvalue weighted by Gasteiger charge is -2.23. The Morgan fingerprint density at radius 2 is 2.00 bits per heavy atom. The zero-order chi connectivity index (χ0) is 17.3. The molecule has 1 aromatic heterocycles. The van der Waals surface area contributed by atoms with Crippen molar-refractivity contribution in [1.82, 2.24) is 4.98 Å². The Morgan fingerprint density at radius 3 is 2.62 bits per heavy atom. The molecule has 0 unspecified atom stereocenters. The molecule has 0 fully saturated rings. The molecule has 1 N–H and O–H groups in total. The molecule has 120 valence electrons. The van der Waals surface area contributed by atoms with Crippen molar-refractivity contribution in [1.29, 1.82) is 5.26 Å². The maximum Gasteiger partial charge on any atom is 0.347 e. The predicted octanol–water partition coefficient (Wildman–Crippen LogP) is 4.08. The molecule has 0 aliphatic carbocycles. The third-order valence-corrected chi connectivity index (χ3v) is 4.43. The van der Waals surface area contributed by atoms with E-state index in [4.69, 9.17) is 10.00 Å². The second-order valence-corrected chi connectivity index (χ2v) is 6.66. The van der Waals surface area contributed by atoms with Crippen molar-refractivity contribution in [2.24, 2.45) is 0 Å². The highest BCUT2D eigenvalue weighted by Crippen LogP contribution is 2.37. The summed E-state index contributed by atoms with van der Waals surface area (Å²) < 4.78 is 6.76. The molecule has 6 heteroatoms. The van der Waals surface area contributed by atoms with Crippen molar-refractivity contribution < 1.29 is 14.6 Å². The van der Waals surface area contributed by atoms with E-state index in [9.17, 15) is 9.90 Å². The molecule has 0 bridgehead atoms. The van der Waals surface area contributed by atoms with E-state index in [2.05, 4.69) is 11.1 Å². The van der Waals surface area contributed by atoms with Crippen molar-refractivity contribution in [2.45, 2.75) is 19.4 Å². The summed E-state index contributed by atoms with van der Waals surface area (Å²) in [6, 6.07) is 12.9. The number of benzene rings is 2. The van der Waals surface area contributed by atoms with Crippen molar-refractivity contribution >= 4 is 27.5 Å². The van der Waals surface area contributed by atoms with E-state index < -0.39 is 11.6 Å². The monoisotopic (exact) mass is 338 g/mol. The van der Waals surface area contributed by atoms with Crippen LogP contribution in [0.4, 0.5) is 0 Å². The minimum absolute atomic E-state index is 0.450. The van der Waals surface area contributed by atoms with Gasteiger partial charge in [0.1, 0.15) is 5.75 Å². The average Bonchev–Trinajstić information content (AvgIpc) is 3.01. The molecule has 0 saturated carbocycles. The molecule has 0 atom stereocenters. The first-order chi connectivity index (χ1) is 11.4. The molecule has 0 aliphatic heterocycles. The molecule has 0 aliphatic rings. The fourth-order valence-electron chi connectivity index (χ4n) is 2.24. The lowest BCUT2D eigenvalue weighted by Crippen LogP contribution is -2.38. The SMILES string of the molecule is CC(C)(Oc1cc2ncsc2cc1-c1ccc(C#N)cc1)C(=O)O. The fraction of sp³-hybridized carbons (Fsp3) is 0.167. The first kappa shape index (κ1) is 16.0. The Balaban J connectivity index is 2.15. The highest BCUT2D eigenvalue weighted by Gasteiger charge is 2.30. The molecule has 5 nitrogen and oxygen atoms in total. The second-order valence-electron chi connectivity index (χ2n) is 5.78. The zero-order valence-corrected chi connectivity index (χ0v) is 13.9. The number of fused-ring (bicyclic) bond motifs is 1. The average molecular weight is 338 g/mol. The van der Waals surface area contributed by atoms with Gasteiger partial charge in [-0.15, -0.1) is 11.3 Å². The molecule has 24 heavy (non-hydrogen) atoms. The Hall–Kier alpha value is -2.91. The molecule has 3 aromatic rings. The summed E-state index contributed by atoms with van der Waals surface area (Å²) >= 11 is 1.50. The normalized spacial score (nSPS) is 11.2. The van der Waals surface area contributed by atoms with Crippen molar-refractivity contribution in [3.05, 3.63) is 47.5 Å². The smallest absolute Gasteiger partial charge is 0.347 e. The summed E-state index contributed by atoms with van der Waals surface area (Å²) in [5, 5.41) is 18.3. The first-order valence-electron chi connectivity index (χ1n) is 7.21. The lowest BCUT2D eigenvalue weighted by atomic mass is 10.0. The molecule has 0 spiro atoms. The summed E-state index contributed by atoms with van der Waals surface area (Å²) in [4.78, 5) is 15.7. The van der Waals surface area contributed by atoms with Crippen LogP contribution in [0.3, 0.4) is 0 Å². The standard InChI is InChI=1S/C18H14N2O3S/c1-18(2,17(21)22)23-15-8-14-16(24-10-20-14)7-13(15)12-5-3-11(9-19)4-6-12/h3-8,10H,1-2H3,(H,21,22). The molecular formula is C18H14N2O3S. The van der Waals surface area contributed by atoms with Crippen LogP contribution in [0.1, 0.15) is 19.4 Å². The minimum atomic E-state index is -1.37. The Morgan fingerprint density at radius 1 is 1.29 bits per heavy atom. The number of carboxylic acids is 1. The number of aliphatic carboxylic acids is 1. The maximum absolute atomic E-state index is 11.4. The molecule has 3 rings (SSSR count). The quantitative estimate of drug-likeness (QED) is 0.775. The molecule has 0 saturated heterocycles. The van der Waals surface area contributed by atoms with Crippen LogP contribution in [0.2, 0.25) is 0 Å². The van der Waals surface area contributed by atoms with E-state index in [0.717, 1.165) is 21.3 Å². The van der Waals surface area contributed by atoms with Crippen LogP contribution >= 0.6 is 11.3 Å². The van der Waals surface area contributed by atoms with E-state index in [1.807, 2.05) is 18.2 Å². The summed E-state index contributed by atoms with van der Waals surface area (Å²) in [5.41, 5.74) is 3.30. The number of hydrogen-bond acceptors (Lipinski definition) is 5. The maximum atomic E-state index is 11.4. The van der Waals surface area contributed by atoms with Gasteiger partial charge in [-0.3, -0.25) is 0 Å². The van der Waals surface area contributed by atoms with Crippen LogP contribution in [-0.4, -0.2) is 21.7 Å². The predicted molar refractivity (Wildman–Crippen MR) is 92.1 cm³/mol. The Kier molecular flexibility index (Phi) is 3.96. The lowest BCUT2D eigenvalue weighted by molar-refractivity contribution is -0.152. The van der Waals surface area contributed by atoms with Gasteiger partial charge < -0.3 is 9.84 Å². The Labute approximate surface area is 142 Å². The number of ether oxygens (including phenoxy) is 1. The number of thiazole rings is 1. The van der Waals surface area contributed by atoms with Crippen LogP contribution in [0.5, 0.6) is 5.75 Å². The van der Waals surface area contributed by atoms with E-state index in [-0.39, 0.29) is 0 Å². The van der Waals surface area contributed by atoms with Gasteiger partial charge in [0.05, 0.1) is 27.4 Å². The van der Waals surface area contributed by atoms with Gasteiger partial charge in [-0.25, -0.2) is 9.78 Å². The van der Waals surface area contributed by atoms with Gasteiger partial charge in [0.25, 0.3) is 0 Å². The van der Waals surface area contributed by atoms with Crippen molar-refractivity contribution in [2.75, 3.05) is 0 Å². The van der Waals surface area contributed by atoms with Gasteiger partial charge >= 0.3 is 5.97 Å². The number of aromatic nitrogens is 1. The fourth-order valence-corrected chi connectivity index (χ4v) is 2.94. The van der Waals surface area contributed by atoms with Gasteiger partial charge in [0.2, 0.25) is 0 Å². The summed E-state index contributed by atoms with van der Waals surface area (Å²) in [6.07, 6.45) is 0. The van der Waals surface area contributed by atoms with Crippen LogP contribution in [0.25, 0.3) is 21.3 Å².